The molecule has 1 saturated heterocycles. The van der Waals surface area contributed by atoms with Crippen molar-refractivity contribution < 1.29 is 95.3 Å². The van der Waals surface area contributed by atoms with E-state index in [0.29, 0.717) is 0 Å². The van der Waals surface area contributed by atoms with Crippen LogP contribution in [0.25, 0.3) is 0 Å². The lowest BCUT2D eigenvalue weighted by Crippen LogP contribution is -2.52. The third-order valence-corrected chi connectivity index (χ3v) is 13.0. The van der Waals surface area contributed by atoms with Gasteiger partial charge >= 0.3 is 23.8 Å². The molecule has 90 heavy (non-hydrogen) atoms. The number of methoxy groups -OCH3 is 4. The van der Waals surface area contributed by atoms with Gasteiger partial charge in [0.05, 0.1) is 26.4 Å². The lowest BCUT2D eigenvalue weighted by atomic mass is 10.2. The molecule has 5 heterocycles. The number of nitrogens with zero attached hydrogens (tertiary/aromatic N) is 20. The van der Waals surface area contributed by atoms with E-state index in [1.807, 2.05) is 0 Å². The highest BCUT2D eigenvalue weighted by Crippen LogP contribution is 2.10. The number of carbonyl (C=O) groups excluding carboxylic acids is 8. The summed E-state index contributed by atoms with van der Waals surface area (Å²) in [4.78, 5) is 159. The van der Waals surface area contributed by atoms with Crippen molar-refractivity contribution in [2.24, 2.45) is 0 Å². The number of rotatable bonds is 32. The number of carbonyl (C=O) groups is 8. The van der Waals surface area contributed by atoms with Gasteiger partial charge in [0.2, 0.25) is 26.2 Å². The molecule has 0 bridgehead atoms. The predicted octanol–water partition coefficient (Wildman–Crippen LogP) is -8.49. The quantitative estimate of drug-likeness (QED) is 0.0153. The Labute approximate surface area is 509 Å². The molecule has 44 nitrogen and oxygen atoms in total. The summed E-state index contributed by atoms with van der Waals surface area (Å²) in [7, 11) is 5.65. The van der Waals surface area contributed by atoms with Gasteiger partial charge in [-0.2, -0.15) is 0 Å². The fourth-order valence-corrected chi connectivity index (χ4v) is 8.76. The van der Waals surface area contributed by atoms with E-state index in [9.17, 15) is 78.8 Å². The molecule has 1 aliphatic rings. The summed E-state index contributed by atoms with van der Waals surface area (Å²) < 4.78 is 27.0. The van der Waals surface area contributed by atoms with Gasteiger partial charge in [0.1, 0.15) is 0 Å². The van der Waals surface area contributed by atoms with Gasteiger partial charge in [-0.1, -0.05) is 0 Å². The second kappa shape index (κ2) is 35.5. The maximum absolute atomic E-state index is 14.5. The van der Waals surface area contributed by atoms with Crippen LogP contribution in [0.4, 0.5) is 23.8 Å². The Kier molecular flexibility index (Phi) is 27.8. The number of hydrogen-bond acceptors (Lipinski definition) is 24. The molecule has 44 heteroatoms. The molecule has 4 aromatic rings. The lowest BCUT2D eigenvalue weighted by molar-refractivity contribution is -0.727. The number of amides is 8. The highest BCUT2D eigenvalue weighted by atomic mass is 16.6. The largest absolute Gasteiger partial charge is 0.577 e. The van der Waals surface area contributed by atoms with Gasteiger partial charge in [-0.3, -0.25) is 38.4 Å². The molecule has 0 aromatic carbocycles. The number of nitro groups is 4. The van der Waals surface area contributed by atoms with Crippen molar-refractivity contribution in [3.8, 4) is 0 Å². The van der Waals surface area contributed by atoms with Gasteiger partial charge in [0.25, 0.3) is 72.6 Å². The van der Waals surface area contributed by atoms with Crippen LogP contribution in [0.1, 0.15) is 12.8 Å². The fraction of sp³-hybridized carbons (Fsp3) is 0.652. The highest BCUT2D eigenvalue weighted by Gasteiger charge is 2.38. The van der Waals surface area contributed by atoms with E-state index in [2.05, 4.69) is 41.7 Å². The number of hydrogen-bond donors (Lipinski definition) is 4. The van der Waals surface area contributed by atoms with Gasteiger partial charge in [0.15, 0.2) is 46.6 Å². The molecule has 0 radical (unpaired) electrons. The van der Waals surface area contributed by atoms with E-state index in [1.54, 1.807) is 0 Å². The van der Waals surface area contributed by atoms with Crippen molar-refractivity contribution in [3.63, 3.8) is 0 Å². The number of ether oxygens (including phenoxy) is 4. The molecular formula is C46H72N24O20+4. The first-order valence-electron chi connectivity index (χ1n) is 27.6. The van der Waals surface area contributed by atoms with E-state index in [-0.39, 0.29) is 118 Å². The Bertz CT molecular complexity index is 2790. The Morgan fingerprint density at radius 3 is 0.767 bits per heavy atom. The van der Waals surface area contributed by atoms with Crippen LogP contribution >= 0.6 is 0 Å². The van der Waals surface area contributed by atoms with Crippen LogP contribution in [0.2, 0.25) is 0 Å². The molecular weight excluding hydrogens is 1210 g/mol. The van der Waals surface area contributed by atoms with Crippen LogP contribution in [0.5, 0.6) is 0 Å². The molecule has 0 atom stereocenters. The Morgan fingerprint density at radius 1 is 0.389 bits per heavy atom. The second-order valence-electron chi connectivity index (χ2n) is 19.6. The molecule has 1 fully saturated rings. The van der Waals surface area contributed by atoms with Crippen molar-refractivity contribution in [1.29, 1.82) is 0 Å². The molecule has 0 spiro atoms. The zero-order chi connectivity index (χ0) is 65.9. The minimum absolute atomic E-state index is 0.109. The first kappa shape index (κ1) is 70.5. The fourth-order valence-electron chi connectivity index (χ4n) is 8.76. The summed E-state index contributed by atoms with van der Waals surface area (Å²) in [5, 5.41) is 74.8. The molecule has 5 rings (SSSR count). The molecule has 492 valence electrons. The van der Waals surface area contributed by atoms with Crippen molar-refractivity contribution in [2.75, 3.05) is 133 Å². The highest BCUT2D eigenvalue weighted by molar-refractivity contribution is 5.78. The smallest absolute Gasteiger partial charge is 0.383 e. The Balaban J connectivity index is 1.53. The van der Waals surface area contributed by atoms with Crippen LogP contribution in [0.15, 0.2) is 25.3 Å². The standard InChI is InChI=1S/C46H68N24O20/c1-87-19-7-47-35(71)23-63-31-59(43(51-63)67(79)80)27-39(75)55-11-5-12-57(41(77)29-61-33-65(53-45(61)69(83)84)25-37(73)49-9-21-89-3)17-18-58(42(78)30-62-34-66(54-46(62)70(85)86)26-38(74)50-10-22-90-4)14-6-13-56(16-15-55)40(76)28-60-32-64(52-44(60)68(81)82)24-36(72)48-8-20-88-2/h31-34H,5-30H2,1-4H3/p+4. The predicted molar refractivity (Wildman–Crippen MR) is 291 cm³/mol. The van der Waals surface area contributed by atoms with Gasteiger partial charge < -0.3 is 100 Å². The zero-order valence-corrected chi connectivity index (χ0v) is 49.8. The first-order chi connectivity index (χ1) is 43.0. The van der Waals surface area contributed by atoms with Crippen molar-refractivity contribution in [1.82, 2.24) is 80.0 Å². The lowest BCUT2D eigenvalue weighted by Gasteiger charge is -2.31. The summed E-state index contributed by atoms with van der Waals surface area (Å²) in [5.41, 5.74) is 0. The summed E-state index contributed by atoms with van der Waals surface area (Å²) in [6.45, 7) is -6.45. The average Bonchev–Trinajstić information content (AvgIpc) is 2.23. The third kappa shape index (κ3) is 22.2. The van der Waals surface area contributed by atoms with E-state index in [4.69, 9.17) is 18.9 Å². The normalized spacial score (nSPS) is 13.3. The molecule has 8 amide bonds. The second-order valence-corrected chi connectivity index (χ2v) is 19.6. The van der Waals surface area contributed by atoms with Crippen molar-refractivity contribution >= 4 is 71.1 Å². The molecule has 4 aromatic heterocycles. The average molecular weight is 1280 g/mol. The minimum Gasteiger partial charge on any atom is -0.383 e. The van der Waals surface area contributed by atoms with E-state index in [1.165, 1.54) is 48.0 Å². The molecule has 1 aliphatic heterocycles. The zero-order valence-electron chi connectivity index (χ0n) is 49.8. The minimum atomic E-state index is -0.885. The summed E-state index contributed by atoms with van der Waals surface area (Å²) in [6, 6.07) is 0. The van der Waals surface area contributed by atoms with Crippen LogP contribution in [0, 0.1) is 40.5 Å². The molecule has 0 unspecified atom stereocenters. The topological polar surface area (TPSA) is 494 Å². The summed E-state index contributed by atoms with van der Waals surface area (Å²) in [6.07, 6.45) is 4.00. The maximum Gasteiger partial charge on any atom is 0.577 e. The Hall–Kier alpha value is -10.2. The summed E-state index contributed by atoms with van der Waals surface area (Å²) in [5.74, 6) is -8.92. The number of nitrogens with one attached hydrogen (secondary N) is 4. The van der Waals surface area contributed by atoms with Gasteiger partial charge in [-0.25, -0.2) is 0 Å². The van der Waals surface area contributed by atoms with E-state index < -0.39 is 143 Å². The molecule has 0 aliphatic carbocycles. The van der Waals surface area contributed by atoms with Crippen LogP contribution in [0.3, 0.4) is 0 Å². The SMILES string of the molecule is COCCNC(=O)Cn1c[n+](CC(=O)N2CCCN(C(=O)C[n+]3cn(CC(=O)NCCOC)nc3[N+](=O)[O-])CCN(C(=O)C[n+]3cn(CC(=O)NCCOC)nc3[N+](=O)[O-])CCCN(C(=O)C[n+]3cn(CC(=O)NCCOC)nc3[N+](=O)[O-])CC2)c([N+](=O)[O-])n1. The van der Waals surface area contributed by atoms with Crippen LogP contribution in [-0.4, -0.2) is 259 Å². The number of aromatic nitrogens is 12. The van der Waals surface area contributed by atoms with E-state index >= 15 is 0 Å². The van der Waals surface area contributed by atoms with Gasteiger partial charge in [-0.15, -0.1) is 18.3 Å². The first-order valence-corrected chi connectivity index (χ1v) is 27.6. The van der Waals surface area contributed by atoms with Crippen molar-refractivity contribution in [2.45, 2.75) is 65.2 Å². The van der Waals surface area contributed by atoms with Gasteiger partial charge in [0, 0.05) is 127 Å². The maximum atomic E-state index is 14.5. The monoisotopic (exact) mass is 1280 g/mol. The molecule has 4 N–H and O–H groups in total. The molecule has 0 saturated carbocycles. The van der Waals surface area contributed by atoms with Crippen LogP contribution < -0.4 is 39.5 Å². The van der Waals surface area contributed by atoms with E-state index in [0.717, 1.165) is 62.3 Å². The summed E-state index contributed by atoms with van der Waals surface area (Å²) >= 11 is 0. The van der Waals surface area contributed by atoms with Crippen LogP contribution in [-0.2, 0) is 110 Å². The van der Waals surface area contributed by atoms with Crippen molar-refractivity contribution in [3.05, 3.63) is 65.8 Å². The Morgan fingerprint density at radius 2 is 0.589 bits per heavy atom. The third-order valence-electron chi connectivity index (χ3n) is 13.0. The van der Waals surface area contributed by atoms with Gasteiger partial charge in [-0.05, 0) is 31.6 Å².